The number of nitrogens with zero attached hydrogens (tertiary/aromatic N) is 1. The van der Waals surface area contributed by atoms with Crippen LogP contribution in [-0.2, 0) is 6.18 Å². The van der Waals surface area contributed by atoms with Crippen LogP contribution in [0.25, 0.3) is 11.3 Å². The van der Waals surface area contributed by atoms with E-state index in [4.69, 9.17) is 0 Å². The molecule has 0 saturated heterocycles. The summed E-state index contributed by atoms with van der Waals surface area (Å²) in [4.78, 5) is 4.14. The number of halogens is 4. The second kappa shape index (κ2) is 5.21. The molecule has 0 aliphatic rings. The Morgan fingerprint density at radius 1 is 1.16 bits per heavy atom. The van der Waals surface area contributed by atoms with Crippen molar-refractivity contribution >= 4 is 21.7 Å². The number of anilines is 1. The lowest BCUT2D eigenvalue weighted by molar-refractivity contribution is -0.137. The van der Waals surface area contributed by atoms with Crippen molar-refractivity contribution in [2.45, 2.75) is 6.18 Å². The smallest absolute Gasteiger partial charge is 0.373 e. The van der Waals surface area contributed by atoms with Crippen LogP contribution in [0, 0.1) is 0 Å². The van der Waals surface area contributed by atoms with E-state index < -0.39 is 11.7 Å². The maximum absolute atomic E-state index is 12.8. The van der Waals surface area contributed by atoms with Crippen molar-refractivity contribution in [3.63, 3.8) is 0 Å². The summed E-state index contributed by atoms with van der Waals surface area (Å²) in [6.45, 7) is 0. The zero-order valence-electron chi connectivity index (χ0n) is 9.92. The Hall–Kier alpha value is -1.56. The van der Waals surface area contributed by atoms with Crippen LogP contribution in [0.3, 0.4) is 0 Å². The van der Waals surface area contributed by atoms with Crippen LogP contribution in [-0.4, -0.2) is 12.0 Å². The van der Waals surface area contributed by atoms with Gasteiger partial charge in [-0.25, -0.2) is 4.98 Å². The number of benzene rings is 1. The molecule has 2 nitrogen and oxygen atoms in total. The number of rotatable bonds is 2. The van der Waals surface area contributed by atoms with Crippen molar-refractivity contribution in [3.8, 4) is 11.3 Å². The normalized spacial score (nSPS) is 11.4. The molecule has 0 amide bonds. The summed E-state index contributed by atoms with van der Waals surface area (Å²) < 4.78 is 39.2. The van der Waals surface area contributed by atoms with Gasteiger partial charge in [-0.1, -0.05) is 28.1 Å². The minimum absolute atomic E-state index is 0.185. The first-order valence-corrected chi connectivity index (χ1v) is 6.22. The Kier molecular flexibility index (Phi) is 3.80. The molecule has 0 unspecified atom stereocenters. The van der Waals surface area contributed by atoms with Gasteiger partial charge in [0.1, 0.15) is 5.82 Å². The SMILES string of the molecule is CNc1cc(C(F)(F)F)cc(-c2cccc(Br)c2)n1. The Balaban J connectivity index is 2.57. The highest BCUT2D eigenvalue weighted by Gasteiger charge is 2.31. The van der Waals surface area contributed by atoms with E-state index in [1.54, 1.807) is 24.3 Å². The molecule has 6 heteroatoms. The van der Waals surface area contributed by atoms with Gasteiger partial charge >= 0.3 is 6.18 Å². The molecule has 2 rings (SSSR count). The lowest BCUT2D eigenvalue weighted by Crippen LogP contribution is -2.07. The third-order valence-electron chi connectivity index (χ3n) is 2.53. The van der Waals surface area contributed by atoms with Gasteiger partial charge in [0, 0.05) is 17.1 Å². The molecule has 1 aromatic heterocycles. The molecular formula is C13H10BrF3N2. The first kappa shape index (κ1) is 13.9. The molecule has 0 aliphatic carbocycles. The summed E-state index contributed by atoms with van der Waals surface area (Å²) in [5.41, 5.74) is 0.180. The summed E-state index contributed by atoms with van der Waals surface area (Å²) in [5, 5.41) is 2.64. The fourth-order valence-corrected chi connectivity index (χ4v) is 2.02. The van der Waals surface area contributed by atoms with Crippen molar-refractivity contribution in [1.29, 1.82) is 0 Å². The Bertz CT molecular complexity index is 597. The van der Waals surface area contributed by atoms with E-state index in [1.165, 1.54) is 7.05 Å². The molecule has 0 atom stereocenters. The van der Waals surface area contributed by atoms with Crippen LogP contribution in [0.1, 0.15) is 5.56 Å². The van der Waals surface area contributed by atoms with Gasteiger partial charge in [0.05, 0.1) is 11.3 Å². The Labute approximate surface area is 116 Å². The highest BCUT2D eigenvalue weighted by atomic mass is 79.9. The third kappa shape index (κ3) is 3.26. The van der Waals surface area contributed by atoms with Gasteiger partial charge < -0.3 is 5.32 Å². The molecule has 0 radical (unpaired) electrons. The predicted molar refractivity (Wildman–Crippen MR) is 71.9 cm³/mol. The van der Waals surface area contributed by atoms with Gasteiger partial charge in [0.25, 0.3) is 0 Å². The van der Waals surface area contributed by atoms with E-state index in [0.717, 1.165) is 16.6 Å². The van der Waals surface area contributed by atoms with Crippen molar-refractivity contribution in [3.05, 3.63) is 46.4 Å². The van der Waals surface area contributed by atoms with Gasteiger partial charge in [-0.15, -0.1) is 0 Å². The quantitative estimate of drug-likeness (QED) is 0.872. The van der Waals surface area contributed by atoms with Crippen LogP contribution in [0.2, 0.25) is 0 Å². The molecule has 19 heavy (non-hydrogen) atoms. The molecular weight excluding hydrogens is 321 g/mol. The minimum atomic E-state index is -4.39. The molecule has 0 bridgehead atoms. The van der Waals surface area contributed by atoms with Gasteiger partial charge in [-0.2, -0.15) is 13.2 Å². The van der Waals surface area contributed by atoms with E-state index in [2.05, 4.69) is 26.2 Å². The van der Waals surface area contributed by atoms with Gasteiger partial charge in [0.15, 0.2) is 0 Å². The summed E-state index contributed by atoms with van der Waals surface area (Å²) in [7, 11) is 1.53. The van der Waals surface area contributed by atoms with Crippen molar-refractivity contribution in [2.24, 2.45) is 0 Å². The average molecular weight is 331 g/mol. The first-order valence-electron chi connectivity index (χ1n) is 5.43. The van der Waals surface area contributed by atoms with Gasteiger partial charge in [-0.3, -0.25) is 0 Å². The van der Waals surface area contributed by atoms with E-state index in [0.29, 0.717) is 5.56 Å². The van der Waals surface area contributed by atoms with Gasteiger partial charge in [-0.05, 0) is 24.3 Å². The second-order valence-electron chi connectivity index (χ2n) is 3.88. The monoisotopic (exact) mass is 330 g/mol. The summed E-state index contributed by atoms with van der Waals surface area (Å²) in [5.74, 6) is 0.185. The standard InChI is InChI=1S/C13H10BrF3N2/c1-18-12-7-9(13(15,16)17)6-11(19-12)8-3-2-4-10(14)5-8/h2-7H,1H3,(H,18,19). The Morgan fingerprint density at radius 2 is 1.89 bits per heavy atom. The number of alkyl halides is 3. The third-order valence-corrected chi connectivity index (χ3v) is 3.02. The molecule has 0 aliphatic heterocycles. The summed E-state index contributed by atoms with van der Waals surface area (Å²) >= 11 is 3.29. The van der Waals surface area contributed by atoms with E-state index in [1.807, 2.05) is 0 Å². The number of hydrogen-bond donors (Lipinski definition) is 1. The molecule has 2 aromatic rings. The lowest BCUT2D eigenvalue weighted by Gasteiger charge is -2.11. The van der Waals surface area contributed by atoms with E-state index in [-0.39, 0.29) is 11.5 Å². The number of pyridine rings is 1. The summed E-state index contributed by atoms with van der Waals surface area (Å²) in [6.07, 6.45) is -4.39. The van der Waals surface area contributed by atoms with Crippen LogP contribution < -0.4 is 5.32 Å². The first-order chi connectivity index (χ1) is 8.90. The van der Waals surface area contributed by atoms with Crippen LogP contribution in [0.15, 0.2) is 40.9 Å². The predicted octanol–water partition coefficient (Wildman–Crippen LogP) is 4.57. The Morgan fingerprint density at radius 3 is 2.47 bits per heavy atom. The van der Waals surface area contributed by atoms with Crippen LogP contribution in [0.5, 0.6) is 0 Å². The van der Waals surface area contributed by atoms with Crippen molar-refractivity contribution in [1.82, 2.24) is 4.98 Å². The highest BCUT2D eigenvalue weighted by Crippen LogP contribution is 2.33. The molecule has 0 saturated carbocycles. The fourth-order valence-electron chi connectivity index (χ4n) is 1.62. The number of hydrogen-bond acceptors (Lipinski definition) is 2. The average Bonchev–Trinajstić information content (AvgIpc) is 2.37. The largest absolute Gasteiger partial charge is 0.416 e. The molecule has 100 valence electrons. The van der Waals surface area contributed by atoms with E-state index >= 15 is 0 Å². The maximum atomic E-state index is 12.8. The second-order valence-corrected chi connectivity index (χ2v) is 4.80. The lowest BCUT2D eigenvalue weighted by atomic mass is 10.1. The zero-order valence-corrected chi connectivity index (χ0v) is 11.5. The number of aromatic nitrogens is 1. The van der Waals surface area contributed by atoms with Crippen molar-refractivity contribution < 1.29 is 13.2 Å². The maximum Gasteiger partial charge on any atom is 0.416 e. The fraction of sp³-hybridized carbons (Fsp3) is 0.154. The minimum Gasteiger partial charge on any atom is -0.373 e. The molecule has 1 N–H and O–H groups in total. The molecule has 1 heterocycles. The number of nitrogens with one attached hydrogen (secondary N) is 1. The summed E-state index contributed by atoms with van der Waals surface area (Å²) in [6, 6.07) is 9.02. The zero-order chi connectivity index (χ0) is 14.0. The van der Waals surface area contributed by atoms with E-state index in [9.17, 15) is 13.2 Å². The highest BCUT2D eigenvalue weighted by molar-refractivity contribution is 9.10. The van der Waals surface area contributed by atoms with Crippen LogP contribution >= 0.6 is 15.9 Å². The molecule has 0 spiro atoms. The topological polar surface area (TPSA) is 24.9 Å². The van der Waals surface area contributed by atoms with Crippen LogP contribution in [0.4, 0.5) is 19.0 Å². The van der Waals surface area contributed by atoms with Gasteiger partial charge in [0.2, 0.25) is 0 Å². The van der Waals surface area contributed by atoms with Crippen molar-refractivity contribution in [2.75, 3.05) is 12.4 Å². The molecule has 0 fully saturated rings. The molecule has 1 aromatic carbocycles.